The zero-order valence-electron chi connectivity index (χ0n) is 7.79. The summed E-state index contributed by atoms with van der Waals surface area (Å²) in [5.74, 6) is 0. The van der Waals surface area contributed by atoms with E-state index in [0.29, 0.717) is 17.4 Å². The van der Waals surface area contributed by atoms with Crippen molar-refractivity contribution >= 4 is 22.6 Å². The molecule has 3 nitrogen and oxygen atoms in total. The van der Waals surface area contributed by atoms with Crippen LogP contribution in [0.2, 0.25) is 5.15 Å². The Balaban J connectivity index is 2.73. The SMILES string of the molecule is Cc1ccc2nc(Cl)c(CN)nc2c1. The van der Waals surface area contributed by atoms with Crippen molar-refractivity contribution < 1.29 is 0 Å². The van der Waals surface area contributed by atoms with Crippen molar-refractivity contribution in [3.8, 4) is 0 Å². The summed E-state index contributed by atoms with van der Waals surface area (Å²) in [5, 5.41) is 0.392. The van der Waals surface area contributed by atoms with Crippen LogP contribution in [0, 0.1) is 6.92 Å². The van der Waals surface area contributed by atoms with Crippen LogP contribution in [0.3, 0.4) is 0 Å². The lowest BCUT2D eigenvalue weighted by atomic mass is 10.2. The molecule has 0 bridgehead atoms. The van der Waals surface area contributed by atoms with E-state index < -0.39 is 0 Å². The molecule has 0 aliphatic rings. The molecule has 0 atom stereocenters. The highest BCUT2D eigenvalue weighted by Crippen LogP contribution is 2.17. The van der Waals surface area contributed by atoms with E-state index in [1.165, 1.54) is 0 Å². The minimum Gasteiger partial charge on any atom is -0.325 e. The molecule has 72 valence electrons. The van der Waals surface area contributed by atoms with Gasteiger partial charge >= 0.3 is 0 Å². The molecule has 0 radical (unpaired) electrons. The van der Waals surface area contributed by atoms with Gasteiger partial charge in [0.15, 0.2) is 5.15 Å². The molecular weight excluding hydrogens is 198 g/mol. The van der Waals surface area contributed by atoms with Crippen LogP contribution >= 0.6 is 11.6 Å². The Labute approximate surface area is 86.9 Å². The molecule has 14 heavy (non-hydrogen) atoms. The molecule has 2 aromatic rings. The van der Waals surface area contributed by atoms with Crippen molar-refractivity contribution in [2.24, 2.45) is 5.73 Å². The third-order valence-corrected chi connectivity index (χ3v) is 2.34. The standard InChI is InChI=1S/C10H10ClN3/c1-6-2-3-7-8(4-6)13-9(5-12)10(11)14-7/h2-4H,5,12H2,1H3. The van der Waals surface area contributed by atoms with Gasteiger partial charge in [0.05, 0.1) is 16.7 Å². The molecule has 0 aliphatic heterocycles. The molecule has 2 N–H and O–H groups in total. The van der Waals surface area contributed by atoms with Crippen molar-refractivity contribution in [3.05, 3.63) is 34.6 Å². The first-order chi connectivity index (χ1) is 6.70. The lowest BCUT2D eigenvalue weighted by Gasteiger charge is -2.03. The fraction of sp³-hybridized carbons (Fsp3) is 0.200. The first kappa shape index (κ1) is 9.37. The van der Waals surface area contributed by atoms with E-state index in [9.17, 15) is 0 Å². The van der Waals surface area contributed by atoms with E-state index in [1.54, 1.807) is 0 Å². The van der Waals surface area contributed by atoms with Crippen LogP contribution in [0.15, 0.2) is 18.2 Å². The molecule has 0 saturated heterocycles. The third kappa shape index (κ3) is 1.56. The van der Waals surface area contributed by atoms with Crippen LogP contribution in [0.4, 0.5) is 0 Å². The van der Waals surface area contributed by atoms with E-state index in [0.717, 1.165) is 16.6 Å². The second kappa shape index (κ2) is 3.52. The summed E-state index contributed by atoms with van der Waals surface area (Å²) in [6, 6.07) is 5.86. The number of nitrogens with zero attached hydrogens (tertiary/aromatic N) is 2. The molecule has 1 aromatic carbocycles. The van der Waals surface area contributed by atoms with E-state index >= 15 is 0 Å². The summed E-state index contributed by atoms with van der Waals surface area (Å²) in [6.45, 7) is 2.33. The second-order valence-electron chi connectivity index (χ2n) is 3.16. The van der Waals surface area contributed by atoms with Gasteiger partial charge in [-0.15, -0.1) is 0 Å². The summed E-state index contributed by atoms with van der Waals surface area (Å²) in [6.07, 6.45) is 0. The summed E-state index contributed by atoms with van der Waals surface area (Å²) >= 11 is 5.89. The predicted octanol–water partition coefficient (Wildman–Crippen LogP) is 2.05. The summed E-state index contributed by atoms with van der Waals surface area (Å²) in [7, 11) is 0. The number of nitrogens with two attached hydrogens (primary N) is 1. The highest BCUT2D eigenvalue weighted by Gasteiger charge is 2.04. The number of halogens is 1. The average molecular weight is 208 g/mol. The van der Waals surface area contributed by atoms with Gasteiger partial charge < -0.3 is 5.73 Å². The Morgan fingerprint density at radius 2 is 2.07 bits per heavy atom. The van der Waals surface area contributed by atoms with Gasteiger partial charge in [0.1, 0.15) is 0 Å². The van der Waals surface area contributed by atoms with Gasteiger partial charge in [-0.1, -0.05) is 17.7 Å². The highest BCUT2D eigenvalue weighted by molar-refractivity contribution is 6.30. The Morgan fingerprint density at radius 1 is 1.29 bits per heavy atom. The molecule has 1 heterocycles. The Hall–Kier alpha value is -1.19. The van der Waals surface area contributed by atoms with Crippen LogP contribution in [-0.4, -0.2) is 9.97 Å². The van der Waals surface area contributed by atoms with E-state index in [1.807, 2.05) is 25.1 Å². The fourth-order valence-corrected chi connectivity index (χ4v) is 1.52. The van der Waals surface area contributed by atoms with E-state index in [-0.39, 0.29) is 0 Å². The van der Waals surface area contributed by atoms with Crippen LogP contribution in [0.25, 0.3) is 11.0 Å². The zero-order valence-corrected chi connectivity index (χ0v) is 8.54. The minimum atomic E-state index is 0.315. The molecule has 0 spiro atoms. The van der Waals surface area contributed by atoms with Crippen LogP contribution in [0.1, 0.15) is 11.3 Å². The highest BCUT2D eigenvalue weighted by atomic mass is 35.5. The molecular formula is C10H10ClN3. The molecule has 1 aromatic heterocycles. The topological polar surface area (TPSA) is 51.8 Å². The first-order valence-corrected chi connectivity index (χ1v) is 4.71. The summed E-state index contributed by atoms with van der Waals surface area (Å²) < 4.78 is 0. The Kier molecular flexibility index (Phi) is 2.35. The number of aryl methyl sites for hydroxylation is 1. The van der Waals surface area contributed by atoms with Crippen molar-refractivity contribution in [1.82, 2.24) is 9.97 Å². The molecule has 0 fully saturated rings. The third-order valence-electron chi connectivity index (χ3n) is 2.04. The number of hydrogen-bond acceptors (Lipinski definition) is 3. The lowest BCUT2D eigenvalue weighted by molar-refractivity contribution is 0.987. The maximum absolute atomic E-state index is 5.89. The number of benzene rings is 1. The van der Waals surface area contributed by atoms with Crippen LogP contribution in [-0.2, 0) is 6.54 Å². The fourth-order valence-electron chi connectivity index (χ4n) is 1.31. The van der Waals surface area contributed by atoms with Crippen molar-refractivity contribution in [3.63, 3.8) is 0 Å². The van der Waals surface area contributed by atoms with E-state index in [4.69, 9.17) is 17.3 Å². The van der Waals surface area contributed by atoms with Crippen LogP contribution in [0.5, 0.6) is 0 Å². The van der Waals surface area contributed by atoms with Gasteiger partial charge in [-0.2, -0.15) is 0 Å². The van der Waals surface area contributed by atoms with Gasteiger partial charge in [-0.3, -0.25) is 0 Å². The Morgan fingerprint density at radius 3 is 2.79 bits per heavy atom. The van der Waals surface area contributed by atoms with Gasteiger partial charge in [0.25, 0.3) is 0 Å². The van der Waals surface area contributed by atoms with Crippen molar-refractivity contribution in [2.75, 3.05) is 0 Å². The lowest BCUT2D eigenvalue weighted by Crippen LogP contribution is -2.02. The predicted molar refractivity (Wildman–Crippen MR) is 57.2 cm³/mol. The van der Waals surface area contributed by atoms with Gasteiger partial charge in [0.2, 0.25) is 0 Å². The molecule has 0 aliphatic carbocycles. The number of aromatic nitrogens is 2. The van der Waals surface area contributed by atoms with Crippen molar-refractivity contribution in [2.45, 2.75) is 13.5 Å². The largest absolute Gasteiger partial charge is 0.325 e. The first-order valence-electron chi connectivity index (χ1n) is 4.33. The molecule has 2 rings (SSSR count). The molecule has 0 saturated carbocycles. The summed E-state index contributed by atoms with van der Waals surface area (Å²) in [5.41, 5.74) is 8.93. The molecule has 4 heteroatoms. The second-order valence-corrected chi connectivity index (χ2v) is 3.52. The smallest absolute Gasteiger partial charge is 0.152 e. The van der Waals surface area contributed by atoms with Gasteiger partial charge in [-0.25, -0.2) is 9.97 Å². The monoisotopic (exact) mass is 207 g/mol. The normalized spacial score (nSPS) is 10.8. The number of rotatable bonds is 1. The minimum absolute atomic E-state index is 0.315. The quantitative estimate of drug-likeness (QED) is 0.779. The molecule has 0 unspecified atom stereocenters. The maximum Gasteiger partial charge on any atom is 0.152 e. The van der Waals surface area contributed by atoms with Crippen LogP contribution < -0.4 is 5.73 Å². The van der Waals surface area contributed by atoms with E-state index in [2.05, 4.69) is 9.97 Å². The average Bonchev–Trinajstić information content (AvgIpc) is 2.17. The summed E-state index contributed by atoms with van der Waals surface area (Å²) in [4.78, 5) is 8.55. The van der Waals surface area contributed by atoms with Gasteiger partial charge in [0, 0.05) is 6.54 Å². The van der Waals surface area contributed by atoms with Gasteiger partial charge in [-0.05, 0) is 24.6 Å². The maximum atomic E-state index is 5.89. The Bertz CT molecular complexity index is 482. The van der Waals surface area contributed by atoms with Crippen molar-refractivity contribution in [1.29, 1.82) is 0 Å². The zero-order chi connectivity index (χ0) is 10.1. The molecule has 0 amide bonds. The number of hydrogen-bond donors (Lipinski definition) is 1. The number of fused-ring (bicyclic) bond motifs is 1.